The van der Waals surface area contributed by atoms with Crippen LogP contribution >= 0.6 is 0 Å². The number of amides is 3. The molecule has 3 amide bonds. The maximum absolute atomic E-state index is 12.3. The summed E-state index contributed by atoms with van der Waals surface area (Å²) >= 11 is 0. The fourth-order valence-corrected chi connectivity index (χ4v) is 9.04. The first-order valence-corrected chi connectivity index (χ1v) is 26.5. The summed E-state index contributed by atoms with van der Waals surface area (Å²) in [6.07, 6.45) is 8.29. The number of nitrogens with two attached hydrogens (primary N) is 1. The predicted molar refractivity (Wildman–Crippen MR) is 277 cm³/mol. The lowest BCUT2D eigenvalue weighted by Crippen LogP contribution is -2.49. The van der Waals surface area contributed by atoms with E-state index in [-0.39, 0.29) is 18.8 Å². The number of rotatable bonds is 25. The summed E-state index contributed by atoms with van der Waals surface area (Å²) < 4.78 is 49.4. The SMILES string of the molecule is CC(C)(C)OC(=O)N1CCC2(CCN(CCOCCOCCOCCN)CC2)CC1.CC(C)(C)OC(=O)N1CCC2(CCN(CCOCCOCCOCCNC(=O)OCc3ccccc3)CC2)CC1.CO. The number of alkyl carbamates (subject to hydrolysis) is 1. The summed E-state index contributed by atoms with van der Waals surface area (Å²) in [5.74, 6) is 0. The minimum Gasteiger partial charge on any atom is -0.445 e. The van der Waals surface area contributed by atoms with Gasteiger partial charge in [0.05, 0.1) is 79.3 Å². The molecule has 0 aliphatic carbocycles. The van der Waals surface area contributed by atoms with E-state index in [1.807, 2.05) is 81.7 Å². The lowest BCUT2D eigenvalue weighted by molar-refractivity contribution is -0.0101. The number of carbonyl (C=O) groups excluding carboxylic acids is 3. The molecule has 4 aliphatic rings. The molecule has 0 radical (unpaired) electrons. The standard InChI is InChI=1S/C30H49N3O7.C22H43N3O5.CH4O/c1-29(2,3)40-28(35)33-16-11-30(12-17-33)9-14-32(15-10-30)18-20-37-22-24-38-23-21-36-19-13-31-27(34)39-25-26-7-5-4-6-8-26;1-21(2,3)30-20(26)25-11-6-22(7-12-25)4-9-24(10-5-22)13-15-28-17-19-29-18-16-27-14-8-23;1-2/h4-8H,9-25H2,1-3H3,(H,31,34);4-19,23H2,1-3H3;2H,1H3. The number of aliphatic hydroxyl groups is 1. The third kappa shape index (κ3) is 27.2. The molecule has 0 aromatic heterocycles. The molecule has 4 N–H and O–H groups in total. The first-order chi connectivity index (χ1) is 34.6. The van der Waals surface area contributed by atoms with Crippen molar-refractivity contribution in [3.05, 3.63) is 35.9 Å². The molecule has 4 aliphatic heterocycles. The van der Waals surface area contributed by atoms with Gasteiger partial charge >= 0.3 is 18.3 Å². The fraction of sp³-hybridized carbons (Fsp3) is 0.830. The molecule has 416 valence electrons. The van der Waals surface area contributed by atoms with E-state index in [1.165, 1.54) is 25.7 Å². The van der Waals surface area contributed by atoms with Crippen LogP contribution in [0.2, 0.25) is 0 Å². The zero-order valence-corrected chi connectivity index (χ0v) is 45.4. The van der Waals surface area contributed by atoms with E-state index < -0.39 is 17.3 Å². The van der Waals surface area contributed by atoms with E-state index in [0.29, 0.717) is 96.6 Å². The molecule has 5 rings (SSSR count). The maximum atomic E-state index is 12.3. The molecule has 4 fully saturated rings. The summed E-state index contributed by atoms with van der Waals surface area (Å²) in [5, 5.41) is 9.66. The summed E-state index contributed by atoms with van der Waals surface area (Å²) in [7, 11) is 1.00. The largest absolute Gasteiger partial charge is 0.445 e. The van der Waals surface area contributed by atoms with E-state index in [4.69, 9.17) is 53.5 Å². The van der Waals surface area contributed by atoms with Crippen LogP contribution in [0.25, 0.3) is 0 Å². The van der Waals surface area contributed by atoms with Gasteiger partial charge in [-0.2, -0.15) is 0 Å². The van der Waals surface area contributed by atoms with Gasteiger partial charge in [-0.05, 0) is 135 Å². The number of likely N-dealkylation sites (tertiary alicyclic amines) is 4. The Labute approximate surface area is 432 Å². The van der Waals surface area contributed by atoms with Gasteiger partial charge in [0, 0.05) is 59.5 Å². The van der Waals surface area contributed by atoms with E-state index in [9.17, 15) is 14.4 Å². The van der Waals surface area contributed by atoms with E-state index >= 15 is 0 Å². The van der Waals surface area contributed by atoms with Gasteiger partial charge in [0.15, 0.2) is 0 Å². The highest BCUT2D eigenvalue weighted by Gasteiger charge is 2.40. The number of piperidine rings is 4. The van der Waals surface area contributed by atoms with Crippen molar-refractivity contribution in [2.24, 2.45) is 16.6 Å². The molecular weight excluding hydrogens is 929 g/mol. The van der Waals surface area contributed by atoms with E-state index in [1.54, 1.807) is 0 Å². The Morgan fingerprint density at radius 3 is 1.25 bits per heavy atom. The molecular formula is C53H96N6O13. The monoisotopic (exact) mass is 1020 g/mol. The van der Waals surface area contributed by atoms with Crippen LogP contribution in [0.1, 0.15) is 98.5 Å². The Balaban J connectivity index is 0.000000382. The average Bonchev–Trinajstić information content (AvgIpc) is 3.36. The second-order valence-electron chi connectivity index (χ2n) is 21.1. The first-order valence-electron chi connectivity index (χ1n) is 26.5. The number of hydrogen-bond acceptors (Lipinski definition) is 16. The van der Waals surface area contributed by atoms with Gasteiger partial charge in [0.1, 0.15) is 17.8 Å². The Bertz CT molecular complexity index is 1560. The van der Waals surface area contributed by atoms with E-state index in [0.717, 1.165) is 110 Å². The molecule has 1 aromatic rings. The van der Waals surface area contributed by atoms with Gasteiger partial charge < -0.3 is 78.4 Å². The summed E-state index contributed by atoms with van der Waals surface area (Å²) in [6, 6.07) is 9.56. The Morgan fingerprint density at radius 1 is 0.528 bits per heavy atom. The number of ether oxygens (including phenoxy) is 9. The molecule has 2 spiro atoms. The van der Waals surface area contributed by atoms with Crippen LogP contribution in [0, 0.1) is 10.8 Å². The lowest BCUT2D eigenvalue weighted by atomic mass is 9.71. The molecule has 0 saturated carbocycles. The van der Waals surface area contributed by atoms with Gasteiger partial charge in [0.25, 0.3) is 0 Å². The minimum atomic E-state index is -0.453. The van der Waals surface area contributed by atoms with Gasteiger partial charge in [-0.25, -0.2) is 14.4 Å². The highest BCUT2D eigenvalue weighted by Crippen LogP contribution is 2.42. The highest BCUT2D eigenvalue weighted by molar-refractivity contribution is 5.68. The van der Waals surface area contributed by atoms with Crippen LogP contribution < -0.4 is 11.1 Å². The number of hydrogen-bond donors (Lipinski definition) is 3. The second kappa shape index (κ2) is 35.0. The van der Waals surface area contributed by atoms with Crippen molar-refractivity contribution in [1.82, 2.24) is 24.9 Å². The molecule has 72 heavy (non-hydrogen) atoms. The van der Waals surface area contributed by atoms with Crippen molar-refractivity contribution in [2.75, 3.05) is 165 Å². The fourth-order valence-electron chi connectivity index (χ4n) is 9.04. The number of aliphatic hydroxyl groups excluding tert-OH is 1. The van der Waals surface area contributed by atoms with Crippen molar-refractivity contribution in [3.63, 3.8) is 0 Å². The molecule has 19 nitrogen and oxygen atoms in total. The molecule has 0 unspecified atom stereocenters. The Kier molecular flexibility index (Phi) is 30.6. The van der Waals surface area contributed by atoms with Crippen molar-refractivity contribution in [3.8, 4) is 0 Å². The highest BCUT2D eigenvalue weighted by atomic mass is 16.6. The minimum absolute atomic E-state index is 0.168. The molecule has 4 saturated heterocycles. The molecule has 0 bridgehead atoms. The lowest BCUT2D eigenvalue weighted by Gasteiger charge is -2.46. The zero-order chi connectivity index (χ0) is 52.6. The normalized spacial score (nSPS) is 18.1. The maximum Gasteiger partial charge on any atom is 0.410 e. The third-order valence-electron chi connectivity index (χ3n) is 13.4. The Hall–Kier alpha value is -3.37. The summed E-state index contributed by atoms with van der Waals surface area (Å²) in [6.45, 7) is 29.1. The number of benzene rings is 1. The van der Waals surface area contributed by atoms with Crippen LogP contribution in [-0.4, -0.2) is 219 Å². The zero-order valence-electron chi connectivity index (χ0n) is 45.4. The van der Waals surface area contributed by atoms with Gasteiger partial charge in [-0.3, -0.25) is 0 Å². The number of carbonyl (C=O) groups is 3. The van der Waals surface area contributed by atoms with Crippen molar-refractivity contribution < 1.29 is 62.1 Å². The smallest absolute Gasteiger partial charge is 0.410 e. The second-order valence-corrected chi connectivity index (χ2v) is 21.1. The number of nitrogens with one attached hydrogen (secondary N) is 1. The van der Waals surface area contributed by atoms with Crippen LogP contribution in [0.15, 0.2) is 30.3 Å². The van der Waals surface area contributed by atoms with Gasteiger partial charge in [-0.15, -0.1) is 0 Å². The third-order valence-corrected chi connectivity index (χ3v) is 13.4. The topological polar surface area (TPSA) is 206 Å². The molecule has 4 heterocycles. The van der Waals surface area contributed by atoms with Gasteiger partial charge in [-0.1, -0.05) is 30.3 Å². The first kappa shape index (κ1) is 62.9. The van der Waals surface area contributed by atoms with Crippen molar-refractivity contribution in [2.45, 2.75) is 111 Å². The quantitative estimate of drug-likeness (QED) is 0.0783. The van der Waals surface area contributed by atoms with Crippen LogP contribution in [0.3, 0.4) is 0 Å². The summed E-state index contributed by atoms with van der Waals surface area (Å²) in [4.78, 5) is 45.0. The summed E-state index contributed by atoms with van der Waals surface area (Å²) in [5.41, 5.74) is 6.20. The number of nitrogens with zero attached hydrogens (tertiary/aromatic N) is 4. The molecule has 19 heteroatoms. The Morgan fingerprint density at radius 2 is 0.875 bits per heavy atom. The van der Waals surface area contributed by atoms with Crippen LogP contribution in [0.4, 0.5) is 14.4 Å². The average molecular weight is 1030 g/mol. The van der Waals surface area contributed by atoms with Crippen molar-refractivity contribution >= 4 is 18.3 Å². The van der Waals surface area contributed by atoms with Crippen LogP contribution in [0.5, 0.6) is 0 Å². The van der Waals surface area contributed by atoms with Gasteiger partial charge in [0.2, 0.25) is 0 Å². The predicted octanol–water partition coefficient (Wildman–Crippen LogP) is 5.79. The van der Waals surface area contributed by atoms with Crippen LogP contribution in [-0.2, 0) is 49.2 Å². The molecule has 0 atom stereocenters. The van der Waals surface area contributed by atoms with E-state index in [2.05, 4.69) is 15.1 Å². The molecule has 1 aromatic carbocycles. The van der Waals surface area contributed by atoms with Crippen molar-refractivity contribution in [1.29, 1.82) is 0 Å².